The fourth-order valence-corrected chi connectivity index (χ4v) is 1.54. The van der Waals surface area contributed by atoms with Crippen LogP contribution in [0.15, 0.2) is 24.7 Å². The normalized spacial score (nSPS) is 10.3. The third kappa shape index (κ3) is 3.15. The largest absolute Gasteiger partial charge is 0.492 e. The highest BCUT2D eigenvalue weighted by atomic mass is 19.1. The zero-order valence-corrected chi connectivity index (χ0v) is 10.9. The number of hydrogen-bond donors (Lipinski definition) is 1. The number of aromatic nitrogens is 3. The Kier molecular flexibility index (Phi) is 4.22. The fraction of sp³-hybridized carbons (Fsp3) is 0.308. The van der Waals surface area contributed by atoms with Gasteiger partial charge in [-0.05, 0) is 12.5 Å². The van der Waals surface area contributed by atoms with Gasteiger partial charge in [-0.1, -0.05) is 6.92 Å². The Labute approximate surface area is 110 Å². The van der Waals surface area contributed by atoms with E-state index in [1.807, 2.05) is 6.92 Å². The Morgan fingerprint density at radius 1 is 1.32 bits per heavy atom. The predicted octanol–water partition coefficient (Wildman–Crippen LogP) is 2.51. The van der Waals surface area contributed by atoms with Crippen LogP contribution in [0.2, 0.25) is 0 Å². The number of ether oxygens (including phenoxy) is 1. The fourth-order valence-electron chi connectivity index (χ4n) is 1.54. The second-order valence-corrected chi connectivity index (χ2v) is 3.90. The number of halogens is 1. The molecule has 5 nitrogen and oxygen atoms in total. The number of pyridine rings is 1. The average molecular weight is 262 g/mol. The van der Waals surface area contributed by atoms with E-state index in [1.165, 1.54) is 0 Å². The van der Waals surface area contributed by atoms with Gasteiger partial charge in [0.2, 0.25) is 5.95 Å². The molecule has 2 aromatic rings. The summed E-state index contributed by atoms with van der Waals surface area (Å²) in [5.41, 5.74) is 0.763. The van der Waals surface area contributed by atoms with Crippen molar-refractivity contribution in [3.8, 4) is 17.0 Å². The second-order valence-electron chi connectivity index (χ2n) is 3.90. The van der Waals surface area contributed by atoms with Crippen LogP contribution in [0.1, 0.15) is 13.3 Å². The first-order valence-corrected chi connectivity index (χ1v) is 6.03. The quantitative estimate of drug-likeness (QED) is 0.897. The van der Waals surface area contributed by atoms with Gasteiger partial charge in [-0.2, -0.15) is 0 Å². The van der Waals surface area contributed by atoms with Gasteiger partial charge in [0.05, 0.1) is 19.0 Å². The summed E-state index contributed by atoms with van der Waals surface area (Å²) in [5.74, 6) is 0.466. The molecule has 0 aromatic carbocycles. The van der Waals surface area contributed by atoms with E-state index in [0.29, 0.717) is 23.9 Å². The number of nitrogens with one attached hydrogen (secondary N) is 1. The molecule has 100 valence electrons. The molecule has 0 unspecified atom stereocenters. The summed E-state index contributed by atoms with van der Waals surface area (Å²) < 4.78 is 19.2. The summed E-state index contributed by atoms with van der Waals surface area (Å²) in [4.78, 5) is 11.9. The van der Waals surface area contributed by atoms with Crippen LogP contribution in [0, 0.1) is 5.82 Å². The Balaban J connectivity index is 2.35. The van der Waals surface area contributed by atoms with Crippen LogP contribution >= 0.6 is 0 Å². The first kappa shape index (κ1) is 13.2. The summed E-state index contributed by atoms with van der Waals surface area (Å²) in [6.45, 7) is 2.61. The minimum Gasteiger partial charge on any atom is -0.492 e. The summed E-state index contributed by atoms with van der Waals surface area (Å²) in [7, 11) is 1.68. The van der Waals surface area contributed by atoms with Gasteiger partial charge in [0.15, 0.2) is 5.82 Å². The van der Waals surface area contributed by atoms with Gasteiger partial charge < -0.3 is 10.1 Å². The maximum absolute atomic E-state index is 13.8. The second kappa shape index (κ2) is 6.08. The van der Waals surface area contributed by atoms with Crippen molar-refractivity contribution >= 4 is 5.95 Å². The van der Waals surface area contributed by atoms with E-state index >= 15 is 0 Å². The molecular weight excluding hydrogens is 247 g/mol. The molecule has 0 radical (unpaired) electrons. The van der Waals surface area contributed by atoms with Crippen molar-refractivity contribution in [1.82, 2.24) is 15.0 Å². The highest BCUT2D eigenvalue weighted by Crippen LogP contribution is 2.23. The van der Waals surface area contributed by atoms with Crippen LogP contribution in [0.3, 0.4) is 0 Å². The summed E-state index contributed by atoms with van der Waals surface area (Å²) in [6.07, 6.45) is 5.17. The molecule has 0 bridgehead atoms. The zero-order valence-electron chi connectivity index (χ0n) is 10.9. The third-order valence-corrected chi connectivity index (χ3v) is 2.43. The minimum atomic E-state index is -0.492. The van der Waals surface area contributed by atoms with E-state index in [1.54, 1.807) is 25.5 Å². The number of rotatable bonds is 5. The first-order chi connectivity index (χ1) is 9.24. The van der Waals surface area contributed by atoms with Crippen LogP contribution in [0.4, 0.5) is 10.3 Å². The van der Waals surface area contributed by atoms with Crippen LogP contribution in [-0.2, 0) is 0 Å². The smallest absolute Gasteiger partial charge is 0.223 e. The molecule has 2 heterocycles. The minimum absolute atomic E-state index is 0.203. The van der Waals surface area contributed by atoms with Crippen molar-refractivity contribution in [2.75, 3.05) is 19.0 Å². The molecule has 0 aliphatic rings. The van der Waals surface area contributed by atoms with Crippen molar-refractivity contribution in [1.29, 1.82) is 0 Å². The maximum Gasteiger partial charge on any atom is 0.223 e. The van der Waals surface area contributed by atoms with Gasteiger partial charge >= 0.3 is 0 Å². The highest BCUT2D eigenvalue weighted by molar-refractivity contribution is 5.61. The molecule has 0 atom stereocenters. The first-order valence-electron chi connectivity index (χ1n) is 6.03. The van der Waals surface area contributed by atoms with E-state index in [4.69, 9.17) is 4.74 Å². The lowest BCUT2D eigenvalue weighted by atomic mass is 10.2. The molecule has 1 N–H and O–H groups in total. The summed E-state index contributed by atoms with van der Waals surface area (Å²) in [5, 5.41) is 2.77. The van der Waals surface area contributed by atoms with Crippen molar-refractivity contribution in [3.63, 3.8) is 0 Å². The van der Waals surface area contributed by atoms with Crippen LogP contribution < -0.4 is 10.1 Å². The van der Waals surface area contributed by atoms with E-state index in [2.05, 4.69) is 20.3 Å². The molecule has 0 aliphatic carbocycles. The standard InChI is InChI=1S/C13H15FN4O/c1-3-4-19-10-5-9(6-16-7-10)12-11(14)8-17-13(15-2)18-12/h5-8H,3-4H2,1-2H3,(H,15,17,18). The lowest BCUT2D eigenvalue weighted by Gasteiger charge is -2.07. The van der Waals surface area contributed by atoms with Gasteiger partial charge in [0.25, 0.3) is 0 Å². The van der Waals surface area contributed by atoms with Gasteiger partial charge in [-0.3, -0.25) is 4.98 Å². The Bertz CT molecular complexity index is 562. The molecular formula is C13H15FN4O. The van der Waals surface area contributed by atoms with Gasteiger partial charge in [0, 0.05) is 18.8 Å². The van der Waals surface area contributed by atoms with Crippen molar-refractivity contribution < 1.29 is 9.13 Å². The molecule has 6 heteroatoms. The maximum atomic E-state index is 13.8. The SMILES string of the molecule is CCCOc1cncc(-c2nc(NC)ncc2F)c1. The molecule has 0 saturated carbocycles. The zero-order chi connectivity index (χ0) is 13.7. The molecule has 0 saturated heterocycles. The van der Waals surface area contributed by atoms with Crippen molar-refractivity contribution in [2.24, 2.45) is 0 Å². The lowest BCUT2D eigenvalue weighted by Crippen LogP contribution is -2.01. The van der Waals surface area contributed by atoms with E-state index < -0.39 is 5.82 Å². The summed E-state index contributed by atoms with van der Waals surface area (Å²) in [6, 6.07) is 1.72. The molecule has 0 aliphatic heterocycles. The molecule has 2 rings (SSSR count). The average Bonchev–Trinajstić information content (AvgIpc) is 2.46. The van der Waals surface area contributed by atoms with Gasteiger partial charge in [-0.15, -0.1) is 0 Å². The van der Waals surface area contributed by atoms with Crippen LogP contribution in [0.5, 0.6) is 5.75 Å². The Morgan fingerprint density at radius 2 is 2.16 bits per heavy atom. The van der Waals surface area contributed by atoms with E-state index in [-0.39, 0.29) is 5.69 Å². The van der Waals surface area contributed by atoms with E-state index in [9.17, 15) is 4.39 Å². The molecule has 0 spiro atoms. The van der Waals surface area contributed by atoms with Crippen molar-refractivity contribution in [3.05, 3.63) is 30.5 Å². The highest BCUT2D eigenvalue weighted by Gasteiger charge is 2.10. The predicted molar refractivity (Wildman–Crippen MR) is 70.6 cm³/mol. The van der Waals surface area contributed by atoms with Crippen LogP contribution in [-0.4, -0.2) is 28.6 Å². The van der Waals surface area contributed by atoms with E-state index in [0.717, 1.165) is 12.6 Å². The van der Waals surface area contributed by atoms with Crippen LogP contribution in [0.25, 0.3) is 11.3 Å². The Morgan fingerprint density at radius 3 is 2.89 bits per heavy atom. The number of nitrogens with zero attached hydrogens (tertiary/aromatic N) is 3. The van der Waals surface area contributed by atoms with Gasteiger partial charge in [0.1, 0.15) is 11.4 Å². The van der Waals surface area contributed by atoms with Gasteiger partial charge in [-0.25, -0.2) is 14.4 Å². The summed E-state index contributed by atoms with van der Waals surface area (Å²) >= 11 is 0. The molecule has 0 fully saturated rings. The monoisotopic (exact) mass is 262 g/mol. The molecule has 19 heavy (non-hydrogen) atoms. The molecule has 0 amide bonds. The topological polar surface area (TPSA) is 59.9 Å². The number of anilines is 1. The molecule has 2 aromatic heterocycles. The third-order valence-electron chi connectivity index (χ3n) is 2.43. The number of hydrogen-bond acceptors (Lipinski definition) is 5. The lowest BCUT2D eigenvalue weighted by molar-refractivity contribution is 0.316. The Hall–Kier alpha value is -2.24. The van der Waals surface area contributed by atoms with Crippen molar-refractivity contribution in [2.45, 2.75) is 13.3 Å².